The van der Waals surface area contributed by atoms with Gasteiger partial charge in [0, 0.05) is 0 Å². The van der Waals surface area contributed by atoms with E-state index in [4.69, 9.17) is 5.73 Å². The van der Waals surface area contributed by atoms with Gasteiger partial charge in [0.25, 0.3) is 0 Å². The van der Waals surface area contributed by atoms with Crippen LogP contribution in [0.5, 0.6) is 5.75 Å². The molecule has 0 unspecified atom stereocenters. The number of allylic oxidation sites excluding steroid dienone is 8. The summed E-state index contributed by atoms with van der Waals surface area (Å²) in [6.07, 6.45) is 30.6. The SMILES string of the molecule is NCCCCC=CCC=CCC=CCC=CCCCCCc1ccc(O)cc1. The monoisotopic (exact) mass is 381 g/mol. The summed E-state index contributed by atoms with van der Waals surface area (Å²) in [6, 6.07) is 7.56. The van der Waals surface area contributed by atoms with Crippen LogP contribution >= 0.6 is 0 Å². The topological polar surface area (TPSA) is 46.2 Å². The summed E-state index contributed by atoms with van der Waals surface area (Å²) in [6.45, 7) is 0.803. The first-order valence-corrected chi connectivity index (χ1v) is 10.9. The van der Waals surface area contributed by atoms with Crippen LogP contribution in [-0.2, 0) is 6.42 Å². The molecule has 0 fully saturated rings. The largest absolute Gasteiger partial charge is 0.508 e. The van der Waals surface area contributed by atoms with Crippen molar-refractivity contribution in [1.29, 1.82) is 0 Å². The fraction of sp³-hybridized carbons (Fsp3) is 0.462. The highest BCUT2D eigenvalue weighted by molar-refractivity contribution is 5.25. The van der Waals surface area contributed by atoms with Crippen LogP contribution in [0.25, 0.3) is 0 Å². The summed E-state index contributed by atoms with van der Waals surface area (Å²) in [7, 11) is 0. The average molecular weight is 382 g/mol. The molecule has 1 aromatic carbocycles. The van der Waals surface area contributed by atoms with Gasteiger partial charge in [-0.3, -0.25) is 0 Å². The number of benzene rings is 1. The van der Waals surface area contributed by atoms with Gasteiger partial charge in [0.15, 0.2) is 0 Å². The third-order valence-electron chi connectivity index (χ3n) is 4.58. The Kier molecular flexibility index (Phi) is 15.7. The molecule has 28 heavy (non-hydrogen) atoms. The van der Waals surface area contributed by atoms with E-state index in [1.807, 2.05) is 12.1 Å². The van der Waals surface area contributed by atoms with E-state index in [0.717, 1.165) is 45.1 Å². The molecule has 0 spiro atoms. The number of nitrogens with two attached hydrogens (primary N) is 1. The number of aromatic hydroxyl groups is 1. The van der Waals surface area contributed by atoms with Crippen molar-refractivity contribution >= 4 is 0 Å². The van der Waals surface area contributed by atoms with E-state index in [9.17, 15) is 5.11 Å². The normalized spacial score (nSPS) is 12.3. The highest BCUT2D eigenvalue weighted by atomic mass is 16.3. The Morgan fingerprint density at radius 2 is 1.11 bits per heavy atom. The summed E-state index contributed by atoms with van der Waals surface area (Å²) >= 11 is 0. The second-order valence-corrected chi connectivity index (χ2v) is 7.14. The van der Waals surface area contributed by atoms with E-state index in [1.165, 1.54) is 37.7 Å². The lowest BCUT2D eigenvalue weighted by Crippen LogP contribution is -1.96. The van der Waals surface area contributed by atoms with Gasteiger partial charge in [0.05, 0.1) is 0 Å². The third kappa shape index (κ3) is 15.0. The van der Waals surface area contributed by atoms with Gasteiger partial charge < -0.3 is 10.8 Å². The molecule has 0 heterocycles. The molecule has 1 aromatic rings. The molecule has 3 N–H and O–H groups in total. The van der Waals surface area contributed by atoms with E-state index in [1.54, 1.807) is 12.1 Å². The van der Waals surface area contributed by atoms with E-state index in [-0.39, 0.29) is 0 Å². The minimum Gasteiger partial charge on any atom is -0.508 e. The number of hydrogen-bond acceptors (Lipinski definition) is 2. The number of aryl methyl sites for hydroxylation is 1. The highest BCUT2D eigenvalue weighted by Gasteiger charge is 1.93. The van der Waals surface area contributed by atoms with Gasteiger partial charge in [-0.25, -0.2) is 0 Å². The Hall–Kier alpha value is -2.06. The standard InChI is InChI=1S/C26H39NO/c27-24-18-16-14-12-10-8-6-4-2-1-3-5-7-9-11-13-15-17-19-25-20-22-26(28)23-21-25/h1,3-4,6-7,9-10,12,20-23,28H,2,5,8,11,13-19,24,27H2. The number of phenolic OH excluding ortho intramolecular Hbond substituents is 1. The molecule has 154 valence electrons. The maximum absolute atomic E-state index is 9.27. The predicted molar refractivity (Wildman–Crippen MR) is 124 cm³/mol. The molecule has 0 saturated heterocycles. The van der Waals surface area contributed by atoms with Crippen molar-refractivity contribution in [1.82, 2.24) is 0 Å². The Bertz CT molecular complexity index is 581. The second-order valence-electron chi connectivity index (χ2n) is 7.14. The van der Waals surface area contributed by atoms with Crippen LogP contribution in [0.3, 0.4) is 0 Å². The molecule has 0 aliphatic carbocycles. The Morgan fingerprint density at radius 3 is 1.64 bits per heavy atom. The van der Waals surface area contributed by atoms with Gasteiger partial charge in [-0.05, 0) is 88.4 Å². The first-order chi connectivity index (χ1) is 13.8. The van der Waals surface area contributed by atoms with Crippen molar-refractivity contribution in [2.45, 2.75) is 70.6 Å². The Balaban J connectivity index is 1.90. The molecule has 0 bridgehead atoms. The average Bonchev–Trinajstić information content (AvgIpc) is 2.71. The summed E-state index contributed by atoms with van der Waals surface area (Å²) in [4.78, 5) is 0. The van der Waals surface area contributed by atoms with Gasteiger partial charge in [-0.2, -0.15) is 0 Å². The summed E-state index contributed by atoms with van der Waals surface area (Å²) in [5.74, 6) is 0.348. The van der Waals surface area contributed by atoms with Crippen molar-refractivity contribution in [3.05, 3.63) is 78.4 Å². The summed E-state index contributed by atoms with van der Waals surface area (Å²) in [5, 5.41) is 9.27. The van der Waals surface area contributed by atoms with Crippen molar-refractivity contribution in [2.24, 2.45) is 5.73 Å². The maximum Gasteiger partial charge on any atom is 0.115 e. The van der Waals surface area contributed by atoms with E-state index < -0.39 is 0 Å². The fourth-order valence-corrected chi connectivity index (χ4v) is 2.89. The lowest BCUT2D eigenvalue weighted by Gasteiger charge is -2.01. The molecule has 2 nitrogen and oxygen atoms in total. The molecule has 0 atom stereocenters. The number of rotatable bonds is 16. The lowest BCUT2D eigenvalue weighted by molar-refractivity contribution is 0.475. The molecule has 1 rings (SSSR count). The van der Waals surface area contributed by atoms with Gasteiger partial charge in [0.2, 0.25) is 0 Å². The molecular weight excluding hydrogens is 342 g/mol. The van der Waals surface area contributed by atoms with Crippen LogP contribution in [0.15, 0.2) is 72.9 Å². The van der Waals surface area contributed by atoms with Crippen molar-refractivity contribution < 1.29 is 5.11 Å². The zero-order chi connectivity index (χ0) is 20.1. The smallest absolute Gasteiger partial charge is 0.115 e. The van der Waals surface area contributed by atoms with E-state index in [0.29, 0.717) is 5.75 Å². The summed E-state index contributed by atoms with van der Waals surface area (Å²) in [5.41, 5.74) is 6.78. The first-order valence-electron chi connectivity index (χ1n) is 10.9. The number of hydrogen-bond donors (Lipinski definition) is 2. The molecular formula is C26H39NO. The molecule has 0 amide bonds. The minimum atomic E-state index is 0.348. The van der Waals surface area contributed by atoms with E-state index >= 15 is 0 Å². The van der Waals surface area contributed by atoms with Crippen LogP contribution in [0.1, 0.15) is 69.8 Å². The third-order valence-corrected chi connectivity index (χ3v) is 4.58. The van der Waals surface area contributed by atoms with Crippen molar-refractivity contribution in [3.8, 4) is 5.75 Å². The second kappa shape index (κ2) is 18.3. The first kappa shape index (κ1) is 24.0. The van der Waals surface area contributed by atoms with Crippen LogP contribution < -0.4 is 5.73 Å². The van der Waals surface area contributed by atoms with Gasteiger partial charge >= 0.3 is 0 Å². The van der Waals surface area contributed by atoms with E-state index in [2.05, 4.69) is 48.6 Å². The maximum atomic E-state index is 9.27. The molecule has 0 radical (unpaired) electrons. The molecule has 0 aliphatic rings. The Labute approximate surface area is 172 Å². The molecule has 0 saturated carbocycles. The Morgan fingerprint density at radius 1 is 0.607 bits per heavy atom. The predicted octanol–water partition coefficient (Wildman–Crippen LogP) is 7.02. The number of phenols is 1. The van der Waals surface area contributed by atoms with Gasteiger partial charge in [-0.15, -0.1) is 0 Å². The van der Waals surface area contributed by atoms with Crippen molar-refractivity contribution in [2.75, 3.05) is 6.54 Å². The number of unbranched alkanes of at least 4 members (excludes halogenated alkanes) is 5. The van der Waals surface area contributed by atoms with Crippen LogP contribution in [0, 0.1) is 0 Å². The van der Waals surface area contributed by atoms with Crippen LogP contribution in [0.4, 0.5) is 0 Å². The van der Waals surface area contributed by atoms with Gasteiger partial charge in [0.1, 0.15) is 5.75 Å². The zero-order valence-corrected chi connectivity index (χ0v) is 17.4. The molecule has 0 aromatic heterocycles. The van der Waals surface area contributed by atoms with Crippen molar-refractivity contribution in [3.63, 3.8) is 0 Å². The fourth-order valence-electron chi connectivity index (χ4n) is 2.89. The lowest BCUT2D eigenvalue weighted by atomic mass is 10.1. The zero-order valence-electron chi connectivity index (χ0n) is 17.4. The summed E-state index contributed by atoms with van der Waals surface area (Å²) < 4.78 is 0. The van der Waals surface area contributed by atoms with Gasteiger partial charge in [-0.1, -0.05) is 67.2 Å². The molecule has 0 aliphatic heterocycles. The molecule has 2 heteroatoms. The highest BCUT2D eigenvalue weighted by Crippen LogP contribution is 2.13. The van der Waals surface area contributed by atoms with Crippen LogP contribution in [-0.4, -0.2) is 11.7 Å². The quantitative estimate of drug-likeness (QED) is 0.239. The van der Waals surface area contributed by atoms with Crippen LogP contribution in [0.2, 0.25) is 0 Å². The minimum absolute atomic E-state index is 0.348.